The molecule has 2 aliphatic heterocycles. The first-order valence-electron chi connectivity index (χ1n) is 9.91. The first-order valence-corrected chi connectivity index (χ1v) is 11.7. The summed E-state index contributed by atoms with van der Waals surface area (Å²) in [5.74, 6) is -0.498. The second kappa shape index (κ2) is 8.12. The summed E-state index contributed by atoms with van der Waals surface area (Å²) in [7, 11) is -3.90. The van der Waals surface area contributed by atoms with Crippen LogP contribution in [0.4, 0.5) is 5.69 Å². The minimum absolute atomic E-state index is 0.00656. The highest BCUT2D eigenvalue weighted by atomic mass is 35.5. The van der Waals surface area contributed by atoms with Gasteiger partial charge < -0.3 is 15.4 Å². The first-order chi connectivity index (χ1) is 13.8. The molecule has 29 heavy (non-hydrogen) atoms. The van der Waals surface area contributed by atoms with E-state index in [-0.39, 0.29) is 52.6 Å². The van der Waals surface area contributed by atoms with Crippen molar-refractivity contribution in [3.05, 3.63) is 17.2 Å². The van der Waals surface area contributed by atoms with Crippen LogP contribution in [0.2, 0.25) is 5.02 Å². The summed E-state index contributed by atoms with van der Waals surface area (Å²) in [6, 6.07) is 2.93. The number of carbonyl (C=O) groups excluding carboxylic acids is 2. The third-order valence-electron chi connectivity index (χ3n) is 5.74. The van der Waals surface area contributed by atoms with Gasteiger partial charge in [0.15, 0.2) is 6.61 Å². The molecule has 158 valence electrons. The zero-order valence-electron chi connectivity index (χ0n) is 15.9. The van der Waals surface area contributed by atoms with E-state index in [0.29, 0.717) is 25.1 Å². The average Bonchev–Trinajstić information content (AvgIpc) is 3.20. The summed E-state index contributed by atoms with van der Waals surface area (Å²) in [5, 5.41) is 5.68. The molecule has 1 aromatic rings. The molecule has 0 bridgehead atoms. The van der Waals surface area contributed by atoms with Crippen molar-refractivity contribution in [1.82, 2.24) is 9.62 Å². The van der Waals surface area contributed by atoms with Gasteiger partial charge >= 0.3 is 0 Å². The molecular formula is C19H24ClN3O5S. The van der Waals surface area contributed by atoms with Crippen LogP contribution in [0, 0.1) is 5.92 Å². The minimum Gasteiger partial charge on any atom is -0.482 e. The average molecular weight is 442 g/mol. The lowest BCUT2D eigenvalue weighted by Gasteiger charge is -2.32. The molecule has 1 saturated carbocycles. The van der Waals surface area contributed by atoms with E-state index in [2.05, 4.69) is 10.6 Å². The van der Waals surface area contributed by atoms with Gasteiger partial charge in [0, 0.05) is 25.2 Å². The molecular weight excluding hydrogens is 418 g/mol. The largest absolute Gasteiger partial charge is 0.482 e. The number of benzene rings is 1. The van der Waals surface area contributed by atoms with E-state index in [0.717, 1.165) is 25.7 Å². The lowest BCUT2D eigenvalue weighted by Crippen LogP contribution is -2.47. The highest BCUT2D eigenvalue weighted by Gasteiger charge is 2.36. The van der Waals surface area contributed by atoms with Crippen molar-refractivity contribution in [2.75, 3.05) is 25.0 Å². The Morgan fingerprint density at radius 1 is 1.21 bits per heavy atom. The highest BCUT2D eigenvalue weighted by molar-refractivity contribution is 7.89. The lowest BCUT2D eigenvalue weighted by molar-refractivity contribution is -0.126. The Labute approximate surface area is 175 Å². The second-order valence-electron chi connectivity index (χ2n) is 7.81. The standard InChI is InChI=1S/C19H24ClN3O5S/c20-14-8-15-16(28-11-18(24)22-15)9-17(14)29(26,27)23-7-3-4-12(10-23)19(25)21-13-5-1-2-6-13/h8-9,12-13H,1-7,10-11H2,(H,21,25)(H,22,24). The predicted molar refractivity (Wildman–Crippen MR) is 107 cm³/mol. The van der Waals surface area contributed by atoms with Gasteiger partial charge in [0.1, 0.15) is 10.6 Å². The van der Waals surface area contributed by atoms with Crippen LogP contribution in [0.15, 0.2) is 17.0 Å². The van der Waals surface area contributed by atoms with Crippen LogP contribution < -0.4 is 15.4 Å². The van der Waals surface area contributed by atoms with Crippen LogP contribution >= 0.6 is 11.6 Å². The van der Waals surface area contributed by atoms with Crippen molar-refractivity contribution < 1.29 is 22.7 Å². The number of nitrogens with one attached hydrogen (secondary N) is 2. The van der Waals surface area contributed by atoms with Crippen LogP contribution in [-0.4, -0.2) is 50.3 Å². The molecule has 1 aliphatic carbocycles. The van der Waals surface area contributed by atoms with Crippen LogP contribution in [0.5, 0.6) is 5.75 Å². The van der Waals surface area contributed by atoms with Gasteiger partial charge in [0.2, 0.25) is 15.9 Å². The zero-order valence-corrected chi connectivity index (χ0v) is 17.5. The molecule has 2 amide bonds. The SMILES string of the molecule is O=C1COc2cc(S(=O)(=O)N3CCCC(C(=O)NC4CCCC4)C3)c(Cl)cc2N1. The van der Waals surface area contributed by atoms with Gasteiger partial charge in [-0.1, -0.05) is 24.4 Å². The predicted octanol–water partition coefficient (Wildman–Crippen LogP) is 2.13. The van der Waals surface area contributed by atoms with Gasteiger partial charge in [-0.15, -0.1) is 0 Å². The second-order valence-corrected chi connectivity index (χ2v) is 10.1. The Morgan fingerprint density at radius 3 is 2.72 bits per heavy atom. The van der Waals surface area contributed by atoms with Gasteiger partial charge in [0.25, 0.3) is 5.91 Å². The van der Waals surface area contributed by atoms with E-state index >= 15 is 0 Å². The number of carbonyl (C=O) groups is 2. The van der Waals surface area contributed by atoms with Gasteiger partial charge in [-0.25, -0.2) is 8.42 Å². The maximum atomic E-state index is 13.2. The number of piperidine rings is 1. The number of hydrogen-bond acceptors (Lipinski definition) is 5. The Kier molecular flexibility index (Phi) is 5.72. The molecule has 1 saturated heterocycles. The quantitative estimate of drug-likeness (QED) is 0.744. The molecule has 8 nitrogen and oxygen atoms in total. The molecule has 1 atom stereocenters. The zero-order chi connectivity index (χ0) is 20.6. The maximum absolute atomic E-state index is 13.2. The summed E-state index contributed by atoms with van der Waals surface area (Å²) in [5.41, 5.74) is 0.345. The fraction of sp³-hybridized carbons (Fsp3) is 0.579. The van der Waals surface area contributed by atoms with E-state index in [1.807, 2.05) is 0 Å². The number of amides is 2. The van der Waals surface area contributed by atoms with Crippen molar-refractivity contribution >= 4 is 39.1 Å². The Bertz CT molecular complexity index is 930. The van der Waals surface area contributed by atoms with Crippen molar-refractivity contribution in [2.24, 2.45) is 5.92 Å². The number of fused-ring (bicyclic) bond motifs is 1. The van der Waals surface area contributed by atoms with Crippen molar-refractivity contribution in [2.45, 2.75) is 49.5 Å². The number of halogens is 1. The van der Waals surface area contributed by atoms with E-state index in [1.165, 1.54) is 16.4 Å². The van der Waals surface area contributed by atoms with Gasteiger partial charge in [-0.2, -0.15) is 4.31 Å². The van der Waals surface area contributed by atoms with Crippen molar-refractivity contribution in [3.8, 4) is 5.75 Å². The van der Waals surface area contributed by atoms with E-state index < -0.39 is 10.0 Å². The third kappa shape index (κ3) is 4.22. The monoisotopic (exact) mass is 441 g/mol. The molecule has 2 N–H and O–H groups in total. The van der Waals surface area contributed by atoms with Crippen molar-refractivity contribution in [1.29, 1.82) is 0 Å². The number of rotatable bonds is 4. The summed E-state index contributed by atoms with van der Waals surface area (Å²) in [6.07, 6.45) is 5.49. The fourth-order valence-electron chi connectivity index (χ4n) is 4.18. The third-order valence-corrected chi connectivity index (χ3v) is 8.07. The number of hydrogen-bond donors (Lipinski definition) is 2. The smallest absolute Gasteiger partial charge is 0.262 e. The van der Waals surface area contributed by atoms with E-state index in [1.54, 1.807) is 0 Å². The van der Waals surface area contributed by atoms with Crippen LogP contribution in [0.3, 0.4) is 0 Å². The van der Waals surface area contributed by atoms with Crippen LogP contribution in [-0.2, 0) is 19.6 Å². The van der Waals surface area contributed by atoms with Gasteiger partial charge in [0.05, 0.1) is 16.6 Å². The number of ether oxygens (including phenoxy) is 1. The van der Waals surface area contributed by atoms with Crippen LogP contribution in [0.1, 0.15) is 38.5 Å². The highest BCUT2D eigenvalue weighted by Crippen LogP contribution is 2.37. The maximum Gasteiger partial charge on any atom is 0.262 e. The molecule has 2 heterocycles. The Balaban J connectivity index is 1.52. The molecule has 0 aromatic heterocycles. The van der Waals surface area contributed by atoms with Crippen LogP contribution in [0.25, 0.3) is 0 Å². The lowest BCUT2D eigenvalue weighted by atomic mass is 9.98. The minimum atomic E-state index is -3.90. The molecule has 0 radical (unpaired) electrons. The molecule has 1 aromatic carbocycles. The normalized spacial score (nSPS) is 23.2. The van der Waals surface area contributed by atoms with Gasteiger partial charge in [-0.3, -0.25) is 9.59 Å². The number of anilines is 1. The summed E-state index contributed by atoms with van der Waals surface area (Å²) in [4.78, 5) is 24.0. The molecule has 3 aliphatic rings. The first kappa shape index (κ1) is 20.4. The van der Waals surface area contributed by atoms with Crippen molar-refractivity contribution in [3.63, 3.8) is 0 Å². The number of sulfonamides is 1. The Hall–Kier alpha value is -1.84. The molecule has 4 rings (SSSR count). The van der Waals surface area contributed by atoms with Gasteiger partial charge in [-0.05, 0) is 31.7 Å². The summed E-state index contributed by atoms with van der Waals surface area (Å²) in [6.45, 7) is 0.285. The Morgan fingerprint density at radius 2 is 1.97 bits per heavy atom. The summed E-state index contributed by atoms with van der Waals surface area (Å²) < 4.78 is 33.1. The molecule has 2 fully saturated rings. The fourth-order valence-corrected chi connectivity index (χ4v) is 6.22. The molecule has 1 unspecified atom stereocenters. The van der Waals surface area contributed by atoms with E-state index in [4.69, 9.17) is 16.3 Å². The number of nitrogens with zero attached hydrogens (tertiary/aromatic N) is 1. The molecule has 10 heteroatoms. The van der Waals surface area contributed by atoms with E-state index in [9.17, 15) is 18.0 Å². The summed E-state index contributed by atoms with van der Waals surface area (Å²) >= 11 is 6.23. The topological polar surface area (TPSA) is 105 Å². The molecule has 0 spiro atoms.